The standard InChI is InChI=1S/C19H17FN2O2/c1-24-12-6-7-17-14(10-12)15-11-22(9-8-18(15)21-17)19(23)13-4-2-3-5-16(13)20/h2-7,10,21H,8-9,11H2,1H3. The number of ether oxygens (including phenoxy) is 1. The number of hydrogen-bond acceptors (Lipinski definition) is 2. The molecule has 4 rings (SSSR count). The topological polar surface area (TPSA) is 45.3 Å². The van der Waals surface area contributed by atoms with E-state index in [1.165, 1.54) is 12.1 Å². The van der Waals surface area contributed by atoms with E-state index in [0.29, 0.717) is 13.1 Å². The van der Waals surface area contributed by atoms with Crippen LogP contribution in [0.25, 0.3) is 10.9 Å². The number of aromatic nitrogens is 1. The van der Waals surface area contributed by atoms with Crippen molar-refractivity contribution in [2.45, 2.75) is 13.0 Å². The number of nitrogens with zero attached hydrogens (tertiary/aromatic N) is 1. The van der Waals surface area contributed by atoms with Gasteiger partial charge in [-0.1, -0.05) is 12.1 Å². The lowest BCUT2D eigenvalue weighted by atomic mass is 10.0. The van der Waals surface area contributed by atoms with Crippen LogP contribution in [-0.2, 0) is 13.0 Å². The zero-order valence-corrected chi connectivity index (χ0v) is 13.3. The molecule has 0 saturated carbocycles. The highest BCUT2D eigenvalue weighted by molar-refractivity contribution is 5.95. The maximum absolute atomic E-state index is 13.9. The molecule has 4 nitrogen and oxygen atoms in total. The van der Waals surface area contributed by atoms with Crippen LogP contribution in [0.2, 0.25) is 0 Å². The molecule has 1 aliphatic heterocycles. The third-order valence-corrected chi connectivity index (χ3v) is 4.57. The molecule has 0 atom stereocenters. The van der Waals surface area contributed by atoms with Gasteiger partial charge in [0.25, 0.3) is 5.91 Å². The van der Waals surface area contributed by atoms with Crippen molar-refractivity contribution >= 4 is 16.8 Å². The fourth-order valence-corrected chi connectivity index (χ4v) is 3.30. The van der Waals surface area contributed by atoms with E-state index in [1.807, 2.05) is 18.2 Å². The minimum atomic E-state index is -0.478. The highest BCUT2D eigenvalue weighted by Gasteiger charge is 2.26. The molecule has 1 N–H and O–H groups in total. The number of halogens is 1. The van der Waals surface area contributed by atoms with Gasteiger partial charge in [-0.15, -0.1) is 0 Å². The lowest BCUT2D eigenvalue weighted by molar-refractivity contribution is 0.0730. The van der Waals surface area contributed by atoms with Crippen molar-refractivity contribution in [1.29, 1.82) is 0 Å². The lowest BCUT2D eigenvalue weighted by Gasteiger charge is -2.27. The van der Waals surface area contributed by atoms with Crippen LogP contribution in [0.4, 0.5) is 4.39 Å². The summed E-state index contributed by atoms with van der Waals surface area (Å²) in [6, 6.07) is 12.0. The van der Waals surface area contributed by atoms with Crippen molar-refractivity contribution in [3.63, 3.8) is 0 Å². The van der Waals surface area contributed by atoms with Crippen molar-refractivity contribution in [3.8, 4) is 5.75 Å². The summed E-state index contributed by atoms with van der Waals surface area (Å²) in [4.78, 5) is 17.8. The SMILES string of the molecule is COc1ccc2[nH]c3c(c2c1)CN(C(=O)c1ccccc1F)CC3. The highest BCUT2D eigenvalue weighted by Crippen LogP contribution is 2.31. The second kappa shape index (κ2) is 5.67. The first-order valence-corrected chi connectivity index (χ1v) is 7.88. The third-order valence-electron chi connectivity index (χ3n) is 4.57. The van der Waals surface area contributed by atoms with Gasteiger partial charge in [0.2, 0.25) is 0 Å². The lowest BCUT2D eigenvalue weighted by Crippen LogP contribution is -2.36. The van der Waals surface area contributed by atoms with Crippen molar-refractivity contribution in [1.82, 2.24) is 9.88 Å². The van der Waals surface area contributed by atoms with Gasteiger partial charge in [-0.3, -0.25) is 4.79 Å². The Morgan fingerprint density at radius 1 is 1.25 bits per heavy atom. The Kier molecular flexibility index (Phi) is 3.49. The third kappa shape index (κ3) is 2.33. The molecule has 0 radical (unpaired) electrons. The van der Waals surface area contributed by atoms with Crippen molar-refractivity contribution in [3.05, 3.63) is 65.1 Å². The summed E-state index contributed by atoms with van der Waals surface area (Å²) in [7, 11) is 1.63. The van der Waals surface area contributed by atoms with E-state index in [-0.39, 0.29) is 11.5 Å². The van der Waals surface area contributed by atoms with Crippen LogP contribution >= 0.6 is 0 Å². The number of benzene rings is 2. The van der Waals surface area contributed by atoms with E-state index >= 15 is 0 Å². The van der Waals surface area contributed by atoms with E-state index < -0.39 is 5.82 Å². The maximum atomic E-state index is 13.9. The molecule has 0 unspecified atom stereocenters. The van der Waals surface area contributed by atoms with Crippen LogP contribution < -0.4 is 4.74 Å². The fraction of sp³-hybridized carbons (Fsp3) is 0.211. The molecule has 24 heavy (non-hydrogen) atoms. The number of H-pyrrole nitrogens is 1. The number of aromatic amines is 1. The molecule has 0 spiro atoms. The molecule has 5 heteroatoms. The van der Waals surface area contributed by atoms with Crippen molar-refractivity contribution in [2.24, 2.45) is 0 Å². The molecule has 0 aliphatic carbocycles. The Morgan fingerprint density at radius 3 is 2.88 bits per heavy atom. The van der Waals surface area contributed by atoms with Crippen LogP contribution in [0.1, 0.15) is 21.6 Å². The quantitative estimate of drug-likeness (QED) is 0.784. The molecule has 1 amide bonds. The van der Waals surface area contributed by atoms with Crippen LogP contribution in [-0.4, -0.2) is 29.4 Å². The van der Waals surface area contributed by atoms with Crippen LogP contribution in [0.5, 0.6) is 5.75 Å². The smallest absolute Gasteiger partial charge is 0.257 e. The number of rotatable bonds is 2. The van der Waals surface area contributed by atoms with E-state index in [1.54, 1.807) is 24.1 Å². The monoisotopic (exact) mass is 324 g/mol. The average molecular weight is 324 g/mol. The first kappa shape index (κ1) is 14.8. The normalized spacial score (nSPS) is 13.8. The summed E-state index contributed by atoms with van der Waals surface area (Å²) in [5.74, 6) is 0.0340. The molecule has 3 aromatic rings. The number of fused-ring (bicyclic) bond motifs is 3. The predicted molar refractivity (Wildman–Crippen MR) is 89.7 cm³/mol. The molecular formula is C19H17FN2O2. The van der Waals surface area contributed by atoms with Gasteiger partial charge in [0.1, 0.15) is 11.6 Å². The van der Waals surface area contributed by atoms with E-state index in [2.05, 4.69) is 4.98 Å². The molecule has 2 aromatic carbocycles. The predicted octanol–water partition coefficient (Wildman–Crippen LogP) is 3.51. The number of nitrogens with one attached hydrogen (secondary N) is 1. The first-order chi connectivity index (χ1) is 11.7. The Morgan fingerprint density at radius 2 is 2.08 bits per heavy atom. The van der Waals surface area contributed by atoms with Crippen LogP contribution in [0.15, 0.2) is 42.5 Å². The number of carbonyl (C=O) groups excluding carboxylic acids is 1. The first-order valence-electron chi connectivity index (χ1n) is 7.88. The van der Waals surface area contributed by atoms with E-state index in [0.717, 1.165) is 34.3 Å². The van der Waals surface area contributed by atoms with E-state index in [9.17, 15) is 9.18 Å². The van der Waals surface area contributed by atoms with Gasteiger partial charge in [-0.2, -0.15) is 0 Å². The largest absolute Gasteiger partial charge is 0.497 e. The van der Waals surface area contributed by atoms with Crippen LogP contribution in [0, 0.1) is 5.82 Å². The average Bonchev–Trinajstić information content (AvgIpc) is 2.98. The molecule has 0 fully saturated rings. The molecule has 1 aliphatic rings. The molecule has 2 heterocycles. The molecule has 122 valence electrons. The molecular weight excluding hydrogens is 307 g/mol. The summed E-state index contributed by atoms with van der Waals surface area (Å²) in [5.41, 5.74) is 3.37. The highest BCUT2D eigenvalue weighted by atomic mass is 19.1. The van der Waals surface area contributed by atoms with Gasteiger partial charge < -0.3 is 14.6 Å². The minimum Gasteiger partial charge on any atom is -0.497 e. The minimum absolute atomic E-state index is 0.123. The van der Waals surface area contributed by atoms with Gasteiger partial charge in [-0.05, 0) is 30.3 Å². The Labute approximate surface area is 138 Å². The zero-order chi connectivity index (χ0) is 16.7. The van der Waals surface area contributed by atoms with Crippen LogP contribution in [0.3, 0.4) is 0 Å². The van der Waals surface area contributed by atoms with Gasteiger partial charge in [0.15, 0.2) is 0 Å². The van der Waals surface area contributed by atoms with Gasteiger partial charge in [0, 0.05) is 41.7 Å². The zero-order valence-electron chi connectivity index (χ0n) is 13.3. The van der Waals surface area contributed by atoms with Gasteiger partial charge >= 0.3 is 0 Å². The summed E-state index contributed by atoms with van der Waals surface area (Å²) in [5, 5.41) is 1.05. The van der Waals surface area contributed by atoms with E-state index in [4.69, 9.17) is 4.74 Å². The van der Waals surface area contributed by atoms with Gasteiger partial charge in [0.05, 0.1) is 12.7 Å². The number of amides is 1. The summed E-state index contributed by atoms with van der Waals surface area (Å²) >= 11 is 0. The Bertz CT molecular complexity index is 932. The number of hydrogen-bond donors (Lipinski definition) is 1. The second-order valence-corrected chi connectivity index (χ2v) is 5.95. The van der Waals surface area contributed by atoms with Crippen molar-refractivity contribution in [2.75, 3.05) is 13.7 Å². The Balaban J connectivity index is 1.70. The maximum Gasteiger partial charge on any atom is 0.257 e. The molecule has 1 aromatic heterocycles. The summed E-state index contributed by atoms with van der Waals surface area (Å²) in [6.07, 6.45) is 0.729. The summed E-state index contributed by atoms with van der Waals surface area (Å²) in [6.45, 7) is 1.04. The van der Waals surface area contributed by atoms with Crippen molar-refractivity contribution < 1.29 is 13.9 Å². The fourth-order valence-electron chi connectivity index (χ4n) is 3.30. The summed E-state index contributed by atoms with van der Waals surface area (Å²) < 4.78 is 19.2. The van der Waals surface area contributed by atoms with Gasteiger partial charge in [-0.25, -0.2) is 4.39 Å². The second-order valence-electron chi connectivity index (χ2n) is 5.95. The molecule has 0 bridgehead atoms. The molecule has 0 saturated heterocycles. The Hall–Kier alpha value is -2.82. The number of carbonyl (C=O) groups is 1. The number of methoxy groups -OCH3 is 1.